The third-order valence-electron chi connectivity index (χ3n) is 2.27. The van der Waals surface area contributed by atoms with Crippen molar-refractivity contribution in [1.82, 2.24) is 5.32 Å². The van der Waals surface area contributed by atoms with E-state index in [2.05, 4.69) is 11.9 Å². The third kappa shape index (κ3) is 3.22. The quantitative estimate of drug-likeness (QED) is 0.712. The molecule has 1 aromatic carbocycles. The molecular weight excluding hydrogens is 190 g/mol. The Morgan fingerprint density at radius 2 is 2.13 bits per heavy atom. The average molecular weight is 205 g/mol. The first-order valence-corrected chi connectivity index (χ1v) is 4.79. The Labute approximate surface area is 89.4 Å². The molecule has 0 fully saturated rings. The molecule has 1 unspecified atom stereocenters. The number of carbonyl (C=O) groups is 1. The van der Waals surface area contributed by atoms with E-state index in [1.165, 1.54) is 6.08 Å². The molecule has 0 saturated carbocycles. The highest BCUT2D eigenvalue weighted by molar-refractivity contribution is 5.93. The van der Waals surface area contributed by atoms with Crippen LogP contribution in [-0.2, 0) is 11.2 Å². The molecule has 0 spiro atoms. The molecule has 0 aliphatic rings. The predicted octanol–water partition coefficient (Wildman–Crippen LogP) is 1.28. The summed E-state index contributed by atoms with van der Waals surface area (Å²) in [7, 11) is 1.74. The van der Waals surface area contributed by atoms with Gasteiger partial charge in [-0.2, -0.15) is 0 Å². The maximum absolute atomic E-state index is 11.4. The summed E-state index contributed by atoms with van der Waals surface area (Å²) in [6.07, 6.45) is 1.92. The number of aromatic hydroxyl groups is 1. The van der Waals surface area contributed by atoms with Gasteiger partial charge in [-0.05, 0) is 37.2 Å². The average Bonchev–Trinajstić information content (AvgIpc) is 2.27. The van der Waals surface area contributed by atoms with E-state index < -0.39 is 0 Å². The van der Waals surface area contributed by atoms with E-state index >= 15 is 0 Å². The van der Waals surface area contributed by atoms with Crippen molar-refractivity contribution in [3.63, 3.8) is 0 Å². The largest absolute Gasteiger partial charge is 0.508 e. The Morgan fingerprint density at radius 3 is 2.60 bits per heavy atom. The molecule has 0 saturated heterocycles. The van der Waals surface area contributed by atoms with Crippen LogP contribution in [0.25, 0.3) is 0 Å². The second-order valence-corrected chi connectivity index (χ2v) is 3.32. The zero-order chi connectivity index (χ0) is 11.3. The van der Waals surface area contributed by atoms with Gasteiger partial charge in [-0.25, -0.2) is 0 Å². The summed E-state index contributed by atoms with van der Waals surface area (Å²) in [5.41, 5.74) is 1.00. The van der Waals surface area contributed by atoms with Crippen LogP contribution in [-0.4, -0.2) is 24.0 Å². The van der Waals surface area contributed by atoms with E-state index in [1.807, 2.05) is 0 Å². The summed E-state index contributed by atoms with van der Waals surface area (Å²) in [6.45, 7) is 3.46. The molecule has 0 amide bonds. The van der Waals surface area contributed by atoms with Crippen LogP contribution in [0.3, 0.4) is 0 Å². The van der Waals surface area contributed by atoms with Gasteiger partial charge in [-0.3, -0.25) is 4.79 Å². The van der Waals surface area contributed by atoms with E-state index in [9.17, 15) is 4.79 Å². The van der Waals surface area contributed by atoms with Crippen molar-refractivity contribution >= 4 is 5.78 Å². The normalized spacial score (nSPS) is 12.1. The van der Waals surface area contributed by atoms with Crippen LogP contribution >= 0.6 is 0 Å². The van der Waals surface area contributed by atoms with E-state index in [4.69, 9.17) is 5.11 Å². The Bertz CT molecular complexity index is 343. The van der Waals surface area contributed by atoms with Gasteiger partial charge in [-0.15, -0.1) is 0 Å². The van der Waals surface area contributed by atoms with E-state index in [0.29, 0.717) is 6.42 Å². The molecule has 0 bridgehead atoms. The number of hydrogen-bond acceptors (Lipinski definition) is 3. The topological polar surface area (TPSA) is 49.3 Å². The van der Waals surface area contributed by atoms with Gasteiger partial charge in [0.1, 0.15) is 5.75 Å². The van der Waals surface area contributed by atoms with Gasteiger partial charge in [0.2, 0.25) is 0 Å². The van der Waals surface area contributed by atoms with Crippen molar-refractivity contribution in [2.75, 3.05) is 7.05 Å². The standard InChI is InChI=1S/C12H15NO2/c1-3-12(15)11(13-2)8-9-4-6-10(14)7-5-9/h3-7,11,13-14H,1,8H2,2H3. The fourth-order valence-electron chi connectivity index (χ4n) is 1.35. The summed E-state index contributed by atoms with van der Waals surface area (Å²) < 4.78 is 0. The second kappa shape index (κ2) is 5.32. The molecule has 2 N–H and O–H groups in total. The lowest BCUT2D eigenvalue weighted by atomic mass is 10.0. The molecule has 1 aromatic rings. The van der Waals surface area contributed by atoms with Gasteiger partial charge in [-0.1, -0.05) is 18.7 Å². The number of nitrogens with one attached hydrogen (secondary N) is 1. The van der Waals surface area contributed by atoms with Crippen molar-refractivity contribution in [1.29, 1.82) is 0 Å². The van der Waals surface area contributed by atoms with Gasteiger partial charge in [0.25, 0.3) is 0 Å². The molecule has 1 atom stereocenters. The molecule has 1 rings (SSSR count). The molecular formula is C12H15NO2. The Hall–Kier alpha value is -1.61. The first-order valence-electron chi connectivity index (χ1n) is 4.79. The lowest BCUT2D eigenvalue weighted by molar-refractivity contribution is -0.116. The van der Waals surface area contributed by atoms with Crippen LogP contribution in [0.1, 0.15) is 5.56 Å². The van der Waals surface area contributed by atoms with Crippen LogP contribution in [0.2, 0.25) is 0 Å². The molecule has 3 nitrogen and oxygen atoms in total. The lowest BCUT2D eigenvalue weighted by Gasteiger charge is -2.12. The fraction of sp³-hybridized carbons (Fsp3) is 0.250. The Kier molecular flexibility index (Phi) is 4.06. The number of rotatable bonds is 5. The summed E-state index contributed by atoms with van der Waals surface area (Å²) in [6, 6.07) is 6.58. The SMILES string of the molecule is C=CC(=O)C(Cc1ccc(O)cc1)NC. The first-order chi connectivity index (χ1) is 7.17. The monoisotopic (exact) mass is 205 g/mol. The Morgan fingerprint density at radius 1 is 1.53 bits per heavy atom. The van der Waals surface area contributed by atoms with Crippen molar-refractivity contribution in [3.8, 4) is 5.75 Å². The lowest BCUT2D eigenvalue weighted by Crippen LogP contribution is -2.34. The number of phenolic OH excluding ortho intramolecular Hbond substituents is 1. The van der Waals surface area contributed by atoms with E-state index in [0.717, 1.165) is 5.56 Å². The van der Waals surface area contributed by atoms with Crippen LogP contribution in [0, 0.1) is 0 Å². The van der Waals surface area contributed by atoms with E-state index in [1.54, 1.807) is 31.3 Å². The van der Waals surface area contributed by atoms with Gasteiger partial charge in [0, 0.05) is 0 Å². The number of carbonyl (C=O) groups excluding carboxylic acids is 1. The molecule has 0 radical (unpaired) electrons. The zero-order valence-electron chi connectivity index (χ0n) is 8.73. The molecule has 0 aliphatic heterocycles. The minimum Gasteiger partial charge on any atom is -0.508 e. The molecule has 0 heterocycles. The van der Waals surface area contributed by atoms with Crippen molar-refractivity contribution < 1.29 is 9.90 Å². The number of ketones is 1. The third-order valence-corrected chi connectivity index (χ3v) is 2.27. The number of phenols is 1. The fourth-order valence-corrected chi connectivity index (χ4v) is 1.35. The summed E-state index contributed by atoms with van der Waals surface area (Å²) in [5, 5.41) is 12.0. The molecule has 15 heavy (non-hydrogen) atoms. The smallest absolute Gasteiger partial charge is 0.172 e. The molecule has 0 aromatic heterocycles. The zero-order valence-corrected chi connectivity index (χ0v) is 8.73. The van der Waals surface area contributed by atoms with Gasteiger partial charge < -0.3 is 10.4 Å². The maximum Gasteiger partial charge on any atom is 0.172 e. The highest BCUT2D eigenvalue weighted by Gasteiger charge is 2.13. The summed E-state index contributed by atoms with van der Waals surface area (Å²) >= 11 is 0. The van der Waals surface area contributed by atoms with Gasteiger partial charge in [0.15, 0.2) is 5.78 Å². The summed E-state index contributed by atoms with van der Waals surface area (Å²) in [5.74, 6) is 0.209. The summed E-state index contributed by atoms with van der Waals surface area (Å²) in [4.78, 5) is 11.4. The highest BCUT2D eigenvalue weighted by Crippen LogP contribution is 2.11. The molecule has 3 heteroatoms. The van der Waals surface area contributed by atoms with Crippen molar-refractivity contribution in [3.05, 3.63) is 42.5 Å². The minimum absolute atomic E-state index is 0.0226. The number of hydrogen-bond donors (Lipinski definition) is 2. The van der Waals surface area contributed by atoms with Crippen LogP contribution < -0.4 is 5.32 Å². The molecule has 0 aliphatic carbocycles. The molecule has 80 valence electrons. The van der Waals surface area contributed by atoms with Crippen molar-refractivity contribution in [2.24, 2.45) is 0 Å². The number of benzene rings is 1. The second-order valence-electron chi connectivity index (χ2n) is 3.32. The van der Waals surface area contributed by atoms with Crippen molar-refractivity contribution in [2.45, 2.75) is 12.5 Å². The number of likely N-dealkylation sites (N-methyl/N-ethyl adjacent to an activating group) is 1. The van der Waals surface area contributed by atoms with Gasteiger partial charge in [0.05, 0.1) is 6.04 Å². The van der Waals surface area contributed by atoms with Crippen LogP contribution in [0.4, 0.5) is 0 Å². The van der Waals surface area contributed by atoms with Crippen LogP contribution in [0.5, 0.6) is 5.75 Å². The van der Waals surface area contributed by atoms with Crippen LogP contribution in [0.15, 0.2) is 36.9 Å². The minimum atomic E-state index is -0.243. The first kappa shape index (κ1) is 11.5. The predicted molar refractivity (Wildman–Crippen MR) is 59.9 cm³/mol. The van der Waals surface area contributed by atoms with Gasteiger partial charge >= 0.3 is 0 Å². The highest BCUT2D eigenvalue weighted by atomic mass is 16.3. The van der Waals surface area contributed by atoms with E-state index in [-0.39, 0.29) is 17.6 Å². The maximum atomic E-state index is 11.4. The Balaban J connectivity index is 2.70.